The van der Waals surface area contributed by atoms with Gasteiger partial charge in [-0.15, -0.1) is 0 Å². The van der Waals surface area contributed by atoms with Crippen LogP contribution in [-0.2, 0) is 4.79 Å². The number of alkyl halides is 5. The molecule has 1 aromatic carbocycles. The molecule has 0 aromatic heterocycles. The maximum absolute atomic E-state index is 13.3. The van der Waals surface area contributed by atoms with Crippen LogP contribution in [0.3, 0.4) is 0 Å². The Bertz CT molecular complexity index is 742. The van der Waals surface area contributed by atoms with E-state index in [0.717, 1.165) is 16.0 Å². The predicted molar refractivity (Wildman–Crippen MR) is 105 cm³/mol. The van der Waals surface area contributed by atoms with Crippen LogP contribution in [-0.4, -0.2) is 60.0 Å². The number of amides is 1. The summed E-state index contributed by atoms with van der Waals surface area (Å²) in [6, 6.07) is 8.51. The second kappa shape index (κ2) is 9.45. The first-order chi connectivity index (χ1) is 14.2. The summed E-state index contributed by atoms with van der Waals surface area (Å²) in [5, 5.41) is 0. The summed E-state index contributed by atoms with van der Waals surface area (Å²) < 4.78 is 65.2. The minimum Gasteiger partial charge on any atom is -0.328 e. The average molecular weight is 430 g/mol. The van der Waals surface area contributed by atoms with E-state index in [0.29, 0.717) is 12.8 Å². The molecular formula is C22H27F5N2O. The highest BCUT2D eigenvalue weighted by molar-refractivity contribution is 5.83. The highest BCUT2D eigenvalue weighted by Crippen LogP contribution is 2.46. The number of hydrogen-bond donors (Lipinski definition) is 0. The van der Waals surface area contributed by atoms with Crippen LogP contribution in [0.1, 0.15) is 38.2 Å². The van der Waals surface area contributed by atoms with Crippen molar-refractivity contribution in [2.45, 2.75) is 57.3 Å². The summed E-state index contributed by atoms with van der Waals surface area (Å²) in [7, 11) is 0. The molecule has 1 heterocycles. The first kappa shape index (κ1) is 22.7. The molecule has 3 nitrogen and oxygen atoms in total. The number of likely N-dealkylation sites (tertiary alicyclic amines) is 1. The molecule has 0 radical (unpaired) electrons. The third kappa shape index (κ3) is 5.59. The lowest BCUT2D eigenvalue weighted by Crippen LogP contribution is -2.53. The zero-order valence-corrected chi connectivity index (χ0v) is 16.9. The van der Waals surface area contributed by atoms with Gasteiger partial charge in [0.1, 0.15) is 0 Å². The van der Waals surface area contributed by atoms with Crippen molar-refractivity contribution in [3.63, 3.8) is 0 Å². The second-order valence-electron chi connectivity index (χ2n) is 8.03. The van der Waals surface area contributed by atoms with Crippen molar-refractivity contribution in [3.05, 3.63) is 41.5 Å². The third-order valence-electron chi connectivity index (χ3n) is 5.97. The molecule has 1 saturated carbocycles. The summed E-state index contributed by atoms with van der Waals surface area (Å²) in [4.78, 5) is 14.8. The lowest BCUT2D eigenvalue weighted by Gasteiger charge is -2.39. The molecule has 0 bridgehead atoms. The SMILES string of the molecule is CC/C(=C\c1ccccc1)[C@@H]1C[C@H]1N(C(=O)C(F)(F)F)C1CCN(CC(F)F)CC1. The van der Waals surface area contributed by atoms with Crippen molar-refractivity contribution in [2.24, 2.45) is 5.92 Å². The molecule has 1 aliphatic heterocycles. The molecule has 1 saturated heterocycles. The largest absolute Gasteiger partial charge is 0.471 e. The van der Waals surface area contributed by atoms with E-state index < -0.39 is 30.6 Å². The Hall–Kier alpha value is -1.96. The number of piperidine rings is 1. The van der Waals surface area contributed by atoms with Crippen molar-refractivity contribution in [2.75, 3.05) is 19.6 Å². The standard InChI is InChI=1S/C22H27F5N2O/c1-2-16(12-15-6-4-3-5-7-15)18-13-19(18)29(21(30)22(25,26)27)17-8-10-28(11-9-17)14-20(23)24/h3-7,12,17-20H,2,8-11,13-14H2,1H3/b16-12+/t18-,19+/m0/s1. The zero-order valence-electron chi connectivity index (χ0n) is 16.9. The van der Waals surface area contributed by atoms with Crippen molar-refractivity contribution in [1.29, 1.82) is 0 Å². The zero-order chi connectivity index (χ0) is 21.9. The van der Waals surface area contributed by atoms with Crippen LogP contribution < -0.4 is 0 Å². The van der Waals surface area contributed by atoms with Crippen LogP contribution >= 0.6 is 0 Å². The molecule has 8 heteroatoms. The lowest BCUT2D eigenvalue weighted by atomic mass is 10.0. The molecule has 0 N–H and O–H groups in total. The summed E-state index contributed by atoms with van der Waals surface area (Å²) >= 11 is 0. The van der Waals surface area contributed by atoms with E-state index in [4.69, 9.17) is 0 Å². The van der Waals surface area contributed by atoms with Crippen molar-refractivity contribution < 1.29 is 26.7 Å². The summed E-state index contributed by atoms with van der Waals surface area (Å²) in [5.41, 5.74) is 2.01. The lowest BCUT2D eigenvalue weighted by molar-refractivity contribution is -0.189. The Labute approximate surface area is 173 Å². The highest BCUT2D eigenvalue weighted by Gasteiger charge is 2.54. The van der Waals surface area contributed by atoms with Gasteiger partial charge < -0.3 is 4.90 Å². The molecule has 1 aliphatic carbocycles. The quantitative estimate of drug-likeness (QED) is 0.569. The fraction of sp³-hybridized carbons (Fsp3) is 0.591. The smallest absolute Gasteiger partial charge is 0.328 e. The fourth-order valence-corrected chi connectivity index (χ4v) is 4.43. The minimum absolute atomic E-state index is 0.0967. The molecule has 0 spiro atoms. The molecule has 2 aliphatic rings. The molecule has 3 rings (SSSR count). The minimum atomic E-state index is -4.94. The van der Waals surface area contributed by atoms with Crippen LogP contribution in [0.2, 0.25) is 0 Å². The van der Waals surface area contributed by atoms with Crippen LogP contribution in [0.4, 0.5) is 22.0 Å². The molecule has 30 heavy (non-hydrogen) atoms. The van der Waals surface area contributed by atoms with Gasteiger partial charge in [0.2, 0.25) is 0 Å². The van der Waals surface area contributed by atoms with Gasteiger partial charge >= 0.3 is 12.1 Å². The summed E-state index contributed by atoms with van der Waals surface area (Å²) in [6.07, 6.45) is -3.67. The van der Waals surface area contributed by atoms with Crippen molar-refractivity contribution in [1.82, 2.24) is 9.80 Å². The van der Waals surface area contributed by atoms with E-state index in [1.165, 1.54) is 0 Å². The Morgan fingerprint density at radius 2 is 1.83 bits per heavy atom. The first-order valence-electron chi connectivity index (χ1n) is 10.4. The van der Waals surface area contributed by atoms with E-state index in [1.807, 2.05) is 43.3 Å². The van der Waals surface area contributed by atoms with Gasteiger partial charge in [0.05, 0.1) is 6.54 Å². The number of benzene rings is 1. The Kier molecular flexibility index (Phi) is 7.16. The predicted octanol–water partition coefficient (Wildman–Crippen LogP) is 4.99. The summed E-state index contributed by atoms with van der Waals surface area (Å²) in [5.74, 6) is -1.90. The molecule has 2 atom stereocenters. The second-order valence-corrected chi connectivity index (χ2v) is 8.03. The van der Waals surface area contributed by atoms with E-state index in [9.17, 15) is 26.7 Å². The fourth-order valence-electron chi connectivity index (χ4n) is 4.43. The molecule has 166 valence electrons. The van der Waals surface area contributed by atoms with Crippen molar-refractivity contribution >= 4 is 12.0 Å². The van der Waals surface area contributed by atoms with Crippen LogP contribution in [0.15, 0.2) is 35.9 Å². The van der Waals surface area contributed by atoms with Gasteiger partial charge in [-0.3, -0.25) is 9.69 Å². The summed E-state index contributed by atoms with van der Waals surface area (Å²) in [6.45, 7) is 2.12. The molecule has 2 fully saturated rings. The third-order valence-corrected chi connectivity index (χ3v) is 5.97. The number of halogens is 5. The maximum atomic E-state index is 13.3. The van der Waals surface area contributed by atoms with Gasteiger partial charge in [-0.1, -0.05) is 48.9 Å². The van der Waals surface area contributed by atoms with E-state index in [1.54, 1.807) is 4.90 Å². The molecule has 1 aromatic rings. The number of hydrogen-bond acceptors (Lipinski definition) is 2. The van der Waals surface area contributed by atoms with Crippen LogP contribution in [0.5, 0.6) is 0 Å². The molecule has 0 unspecified atom stereocenters. The monoisotopic (exact) mass is 430 g/mol. The number of carbonyl (C=O) groups is 1. The normalized spacial score (nSPS) is 23.6. The Morgan fingerprint density at radius 1 is 1.20 bits per heavy atom. The Morgan fingerprint density at radius 3 is 2.37 bits per heavy atom. The van der Waals surface area contributed by atoms with Gasteiger partial charge in [-0.2, -0.15) is 13.2 Å². The Balaban J connectivity index is 1.74. The van der Waals surface area contributed by atoms with Gasteiger partial charge in [-0.05, 0) is 31.2 Å². The van der Waals surface area contributed by atoms with Gasteiger partial charge in [0.25, 0.3) is 6.43 Å². The molecular weight excluding hydrogens is 403 g/mol. The first-order valence-corrected chi connectivity index (χ1v) is 10.4. The molecule has 1 amide bonds. The number of nitrogens with zero attached hydrogens (tertiary/aromatic N) is 2. The van der Waals surface area contributed by atoms with E-state index >= 15 is 0 Å². The van der Waals surface area contributed by atoms with Gasteiger partial charge in [0, 0.05) is 31.1 Å². The number of rotatable bonds is 7. The van der Waals surface area contributed by atoms with Gasteiger partial charge in [-0.25, -0.2) is 8.78 Å². The van der Waals surface area contributed by atoms with E-state index in [2.05, 4.69) is 0 Å². The average Bonchev–Trinajstić information content (AvgIpc) is 3.47. The number of carbonyl (C=O) groups excluding carboxylic acids is 1. The highest BCUT2D eigenvalue weighted by atomic mass is 19.4. The van der Waals surface area contributed by atoms with Crippen LogP contribution in [0, 0.1) is 5.92 Å². The van der Waals surface area contributed by atoms with Crippen molar-refractivity contribution in [3.8, 4) is 0 Å². The van der Waals surface area contributed by atoms with Gasteiger partial charge in [0.15, 0.2) is 0 Å². The van der Waals surface area contributed by atoms with E-state index in [-0.39, 0.29) is 38.4 Å². The maximum Gasteiger partial charge on any atom is 0.471 e. The van der Waals surface area contributed by atoms with Crippen LogP contribution in [0.25, 0.3) is 6.08 Å². The topological polar surface area (TPSA) is 23.6 Å².